The van der Waals surface area contributed by atoms with E-state index in [9.17, 15) is 21.2 Å². The van der Waals surface area contributed by atoms with E-state index in [1.165, 1.54) is 30.3 Å². The van der Waals surface area contributed by atoms with Crippen molar-refractivity contribution in [1.29, 1.82) is 0 Å². The van der Waals surface area contributed by atoms with Gasteiger partial charge in [-0.15, -0.1) is 0 Å². The van der Waals surface area contributed by atoms with Gasteiger partial charge in [-0.25, -0.2) is 12.8 Å². The fraction of sp³-hybridized carbons (Fsp3) is 0.136. The van der Waals surface area contributed by atoms with Crippen molar-refractivity contribution < 1.29 is 21.2 Å². The van der Waals surface area contributed by atoms with Crippen molar-refractivity contribution in [3.8, 4) is 0 Å². The molecule has 0 bridgehead atoms. The molecule has 1 unspecified atom stereocenters. The summed E-state index contributed by atoms with van der Waals surface area (Å²) in [5.74, 6) is -0.468. The van der Waals surface area contributed by atoms with Crippen molar-refractivity contribution in [2.75, 3.05) is 11.0 Å². The van der Waals surface area contributed by atoms with Gasteiger partial charge in [-0.3, -0.25) is 4.72 Å². The molecule has 3 aromatic rings. The van der Waals surface area contributed by atoms with E-state index in [0.717, 1.165) is 10.7 Å². The molecule has 7 nitrogen and oxygen atoms in total. The first-order valence-corrected chi connectivity index (χ1v) is 13.0. The van der Waals surface area contributed by atoms with Crippen molar-refractivity contribution in [1.82, 2.24) is 4.41 Å². The minimum atomic E-state index is -3.99. The number of benzene rings is 3. The second-order valence-corrected chi connectivity index (χ2v) is 10.9. The lowest BCUT2D eigenvalue weighted by Crippen LogP contribution is -2.27. The Morgan fingerprint density at radius 2 is 1.62 bits per heavy atom. The third-order valence-corrected chi connectivity index (χ3v) is 7.22. The van der Waals surface area contributed by atoms with Crippen LogP contribution in [0, 0.1) is 5.82 Å². The van der Waals surface area contributed by atoms with E-state index in [1.807, 2.05) is 0 Å². The van der Waals surface area contributed by atoms with Crippen LogP contribution >= 0.6 is 0 Å². The van der Waals surface area contributed by atoms with Crippen LogP contribution in [0.5, 0.6) is 0 Å². The van der Waals surface area contributed by atoms with Gasteiger partial charge in [-0.1, -0.05) is 42.5 Å². The fourth-order valence-corrected chi connectivity index (χ4v) is 5.51. The third-order valence-electron chi connectivity index (χ3n) is 4.91. The molecule has 1 aliphatic heterocycles. The van der Waals surface area contributed by atoms with Gasteiger partial charge in [0.2, 0.25) is 10.0 Å². The average Bonchev–Trinajstić information content (AvgIpc) is 3.20. The lowest BCUT2D eigenvalue weighted by atomic mass is 9.99. The van der Waals surface area contributed by atoms with Crippen LogP contribution in [0.15, 0.2) is 88.9 Å². The molecule has 0 amide bonds. The summed E-state index contributed by atoms with van der Waals surface area (Å²) >= 11 is 0. The second-order valence-electron chi connectivity index (χ2n) is 7.36. The summed E-state index contributed by atoms with van der Waals surface area (Å²) in [7, 11) is -7.41. The van der Waals surface area contributed by atoms with Crippen LogP contribution in [-0.2, 0) is 20.0 Å². The molecule has 0 aromatic heterocycles. The van der Waals surface area contributed by atoms with Gasteiger partial charge in [-0.2, -0.15) is 17.9 Å². The molecule has 166 valence electrons. The number of nitrogens with zero attached hydrogens (tertiary/aromatic N) is 2. The lowest BCUT2D eigenvalue weighted by molar-refractivity contribution is 0.370. The SMILES string of the molecule is CS(=O)(=O)Nc1ccc(C2=NN(S(=O)(=O)c3ccccc3)C(c3cccc(F)c3)C2)cc1. The Labute approximate surface area is 186 Å². The number of rotatable bonds is 6. The van der Waals surface area contributed by atoms with E-state index >= 15 is 0 Å². The minimum absolute atomic E-state index is 0.0825. The number of hydrogen-bond donors (Lipinski definition) is 1. The van der Waals surface area contributed by atoms with Crippen LogP contribution in [0.4, 0.5) is 10.1 Å². The van der Waals surface area contributed by atoms with E-state index in [1.54, 1.807) is 48.5 Å². The van der Waals surface area contributed by atoms with Gasteiger partial charge in [0.1, 0.15) is 5.82 Å². The second kappa shape index (κ2) is 8.36. The zero-order valence-corrected chi connectivity index (χ0v) is 18.6. The Bertz CT molecular complexity index is 1370. The largest absolute Gasteiger partial charge is 0.284 e. The van der Waals surface area contributed by atoms with Gasteiger partial charge in [0.15, 0.2) is 0 Å². The molecule has 10 heteroatoms. The summed E-state index contributed by atoms with van der Waals surface area (Å²) < 4.78 is 66.8. The number of sulfonamides is 2. The molecular weight excluding hydrogens is 453 g/mol. The van der Waals surface area contributed by atoms with Gasteiger partial charge < -0.3 is 0 Å². The van der Waals surface area contributed by atoms with Crippen LogP contribution < -0.4 is 4.72 Å². The molecule has 3 aromatic carbocycles. The van der Waals surface area contributed by atoms with Crippen LogP contribution in [-0.4, -0.2) is 33.2 Å². The van der Waals surface area contributed by atoms with E-state index in [4.69, 9.17) is 0 Å². The Morgan fingerprint density at radius 3 is 2.25 bits per heavy atom. The lowest BCUT2D eigenvalue weighted by Gasteiger charge is -2.23. The van der Waals surface area contributed by atoms with Crippen molar-refractivity contribution in [2.24, 2.45) is 5.10 Å². The maximum absolute atomic E-state index is 13.9. The highest BCUT2D eigenvalue weighted by molar-refractivity contribution is 7.92. The Kier molecular flexibility index (Phi) is 5.74. The molecule has 0 fully saturated rings. The Hall–Kier alpha value is -3.24. The summed E-state index contributed by atoms with van der Waals surface area (Å²) in [6.45, 7) is 0. The normalized spacial score (nSPS) is 16.6. The van der Waals surface area contributed by atoms with Crippen molar-refractivity contribution >= 4 is 31.4 Å². The number of hydrazone groups is 1. The van der Waals surface area contributed by atoms with Crippen LogP contribution in [0.1, 0.15) is 23.6 Å². The standard InChI is InChI=1S/C22H20FN3O4S2/c1-31(27,28)25-19-12-10-16(11-13-19)21-15-22(17-6-5-7-18(23)14-17)26(24-21)32(29,30)20-8-3-2-4-9-20/h2-14,22,25H,15H2,1H3. The van der Waals surface area contributed by atoms with Crippen LogP contribution in [0.2, 0.25) is 0 Å². The molecule has 1 N–H and O–H groups in total. The fourth-order valence-electron chi connectivity index (χ4n) is 3.49. The van der Waals surface area contributed by atoms with E-state index in [-0.39, 0.29) is 11.3 Å². The number of anilines is 1. The zero-order valence-electron chi connectivity index (χ0n) is 17.0. The topological polar surface area (TPSA) is 95.9 Å². The molecule has 0 saturated carbocycles. The van der Waals surface area contributed by atoms with Crippen molar-refractivity contribution in [3.05, 3.63) is 95.8 Å². The predicted octanol–water partition coefficient (Wildman–Crippen LogP) is 3.74. The van der Waals surface area contributed by atoms with Gasteiger partial charge >= 0.3 is 0 Å². The van der Waals surface area contributed by atoms with Gasteiger partial charge in [0.25, 0.3) is 10.0 Å². The maximum atomic E-state index is 13.9. The molecular formula is C22H20FN3O4S2. The predicted molar refractivity (Wildman–Crippen MR) is 121 cm³/mol. The molecule has 1 atom stereocenters. The molecule has 0 aliphatic carbocycles. The number of halogens is 1. The highest BCUT2D eigenvalue weighted by atomic mass is 32.2. The highest BCUT2D eigenvalue weighted by Gasteiger charge is 2.37. The molecule has 32 heavy (non-hydrogen) atoms. The van der Waals surface area contributed by atoms with E-state index in [0.29, 0.717) is 22.5 Å². The summed E-state index contributed by atoms with van der Waals surface area (Å²) in [6.07, 6.45) is 1.28. The van der Waals surface area contributed by atoms with Crippen molar-refractivity contribution in [2.45, 2.75) is 17.4 Å². The summed E-state index contributed by atoms with van der Waals surface area (Å²) in [4.78, 5) is 0.0825. The number of hydrogen-bond acceptors (Lipinski definition) is 5. The summed E-state index contributed by atoms with van der Waals surface area (Å²) in [6, 6.07) is 19.5. The molecule has 1 heterocycles. The summed E-state index contributed by atoms with van der Waals surface area (Å²) in [5.41, 5.74) is 1.99. The first-order chi connectivity index (χ1) is 15.1. The molecule has 0 saturated heterocycles. The first kappa shape index (κ1) is 22.0. The van der Waals surface area contributed by atoms with Gasteiger partial charge in [-0.05, 0) is 47.5 Å². The highest BCUT2D eigenvalue weighted by Crippen LogP contribution is 2.37. The third kappa shape index (κ3) is 4.66. The van der Waals surface area contributed by atoms with Crippen molar-refractivity contribution in [3.63, 3.8) is 0 Å². The quantitative estimate of drug-likeness (QED) is 0.590. The van der Waals surface area contributed by atoms with Crippen LogP contribution in [0.3, 0.4) is 0 Å². The monoisotopic (exact) mass is 473 g/mol. The van der Waals surface area contributed by atoms with Crippen LogP contribution in [0.25, 0.3) is 0 Å². The maximum Gasteiger partial charge on any atom is 0.279 e. The number of nitrogens with one attached hydrogen (secondary N) is 1. The van der Waals surface area contributed by atoms with E-state index in [2.05, 4.69) is 9.82 Å². The molecule has 4 rings (SSSR count). The first-order valence-electron chi connectivity index (χ1n) is 9.64. The van der Waals surface area contributed by atoms with E-state index < -0.39 is 31.9 Å². The Morgan fingerprint density at radius 1 is 0.938 bits per heavy atom. The van der Waals surface area contributed by atoms with Gasteiger partial charge in [0.05, 0.1) is 22.9 Å². The molecule has 1 aliphatic rings. The van der Waals surface area contributed by atoms with Gasteiger partial charge in [0, 0.05) is 12.1 Å². The Balaban J connectivity index is 1.74. The minimum Gasteiger partial charge on any atom is -0.284 e. The summed E-state index contributed by atoms with van der Waals surface area (Å²) in [5, 5.41) is 4.40. The molecule has 0 radical (unpaired) electrons. The smallest absolute Gasteiger partial charge is 0.279 e. The molecule has 0 spiro atoms. The zero-order chi connectivity index (χ0) is 22.9. The average molecular weight is 474 g/mol.